The third-order valence-corrected chi connectivity index (χ3v) is 5.90. The molecule has 5 heteroatoms. The lowest BCUT2D eigenvalue weighted by Crippen LogP contribution is -2.18. The lowest BCUT2D eigenvalue weighted by atomic mass is 10.0. The number of rotatable bonds is 3. The van der Waals surface area contributed by atoms with Gasteiger partial charge in [0.25, 0.3) is 5.91 Å². The summed E-state index contributed by atoms with van der Waals surface area (Å²) in [6, 6.07) is 12.1. The van der Waals surface area contributed by atoms with E-state index in [2.05, 4.69) is 36.5 Å². The molecule has 25 heavy (non-hydrogen) atoms. The zero-order valence-electron chi connectivity index (χ0n) is 14.6. The zero-order valence-corrected chi connectivity index (χ0v) is 16.2. The van der Waals surface area contributed by atoms with Crippen LogP contribution in [0.5, 0.6) is 0 Å². The van der Waals surface area contributed by atoms with Crippen LogP contribution in [0, 0.1) is 20.8 Å². The molecule has 3 nitrogen and oxygen atoms in total. The van der Waals surface area contributed by atoms with E-state index in [1.165, 1.54) is 22.5 Å². The van der Waals surface area contributed by atoms with Gasteiger partial charge in [0.05, 0.1) is 10.7 Å². The molecular weight excluding hydrogens is 352 g/mol. The smallest absolute Gasteiger partial charge is 0.266 e. The Bertz CT molecular complexity index is 1000. The summed E-state index contributed by atoms with van der Waals surface area (Å²) in [6.45, 7) is 8.02. The third kappa shape index (κ3) is 3.60. The van der Waals surface area contributed by atoms with Gasteiger partial charge in [-0.25, -0.2) is 5.43 Å². The molecule has 0 aliphatic heterocycles. The van der Waals surface area contributed by atoms with Gasteiger partial charge in [-0.05, 0) is 62.1 Å². The monoisotopic (exact) mass is 370 g/mol. The number of carbonyl (C=O) groups is 1. The minimum Gasteiger partial charge on any atom is -0.266 e. The lowest BCUT2D eigenvalue weighted by Gasteiger charge is -2.05. The predicted molar refractivity (Wildman–Crippen MR) is 107 cm³/mol. The minimum absolute atomic E-state index is 0.285. The van der Waals surface area contributed by atoms with Gasteiger partial charge in [-0.3, -0.25) is 4.79 Å². The minimum atomic E-state index is -0.285. The SMILES string of the molecule is C/C(=N\NC(=O)c1sc2cc(C)ccc2c1Cl)c1ccc(C)c(C)c1. The van der Waals surface area contributed by atoms with Crippen molar-refractivity contribution in [2.24, 2.45) is 5.10 Å². The molecule has 3 aromatic rings. The average molecular weight is 371 g/mol. The Hall–Kier alpha value is -2.17. The van der Waals surface area contributed by atoms with Crippen LogP contribution in [0.4, 0.5) is 0 Å². The maximum atomic E-state index is 12.5. The highest BCUT2D eigenvalue weighted by molar-refractivity contribution is 7.21. The normalized spacial score (nSPS) is 11.8. The molecule has 1 aromatic heterocycles. The number of benzene rings is 2. The molecule has 0 bridgehead atoms. The molecule has 1 amide bonds. The zero-order chi connectivity index (χ0) is 18.1. The first-order chi connectivity index (χ1) is 11.9. The van der Waals surface area contributed by atoms with Gasteiger partial charge >= 0.3 is 0 Å². The molecule has 0 saturated carbocycles. The van der Waals surface area contributed by atoms with Gasteiger partial charge in [0.2, 0.25) is 0 Å². The van der Waals surface area contributed by atoms with Gasteiger partial charge in [-0.15, -0.1) is 11.3 Å². The number of aryl methyl sites for hydroxylation is 3. The molecule has 0 atom stereocenters. The van der Waals surface area contributed by atoms with E-state index in [0.717, 1.165) is 26.9 Å². The molecule has 3 rings (SSSR count). The van der Waals surface area contributed by atoms with Crippen LogP contribution in [0.1, 0.15) is 38.8 Å². The highest BCUT2D eigenvalue weighted by Crippen LogP contribution is 2.35. The molecular formula is C20H19ClN2OS. The van der Waals surface area contributed by atoms with Crippen molar-refractivity contribution in [1.29, 1.82) is 0 Å². The van der Waals surface area contributed by atoms with Gasteiger partial charge in [0.1, 0.15) is 4.88 Å². The first-order valence-corrected chi connectivity index (χ1v) is 9.17. The number of nitrogens with zero attached hydrogens (tertiary/aromatic N) is 1. The van der Waals surface area contributed by atoms with E-state index in [-0.39, 0.29) is 5.91 Å². The molecule has 1 heterocycles. The largest absolute Gasteiger partial charge is 0.283 e. The predicted octanol–water partition coefficient (Wildman–Crippen LogP) is 5.63. The van der Waals surface area contributed by atoms with Crippen LogP contribution < -0.4 is 5.43 Å². The van der Waals surface area contributed by atoms with E-state index in [1.54, 1.807) is 0 Å². The van der Waals surface area contributed by atoms with Crippen LogP contribution in [0.15, 0.2) is 41.5 Å². The number of hydrogen-bond acceptors (Lipinski definition) is 3. The van der Waals surface area contributed by atoms with Crippen LogP contribution >= 0.6 is 22.9 Å². The second-order valence-electron chi connectivity index (χ2n) is 6.18. The molecule has 0 saturated heterocycles. The van der Waals surface area contributed by atoms with Crippen molar-refractivity contribution in [2.45, 2.75) is 27.7 Å². The summed E-state index contributed by atoms with van der Waals surface area (Å²) in [4.78, 5) is 13.0. The van der Waals surface area contributed by atoms with Gasteiger partial charge < -0.3 is 0 Å². The van der Waals surface area contributed by atoms with E-state index in [4.69, 9.17) is 11.6 Å². The Balaban J connectivity index is 1.84. The summed E-state index contributed by atoms with van der Waals surface area (Å²) >= 11 is 7.76. The van der Waals surface area contributed by atoms with Crippen molar-refractivity contribution >= 4 is 44.6 Å². The Morgan fingerprint density at radius 3 is 2.56 bits per heavy atom. The van der Waals surface area contributed by atoms with Crippen LogP contribution in [0.25, 0.3) is 10.1 Å². The number of thiophene rings is 1. The number of fused-ring (bicyclic) bond motifs is 1. The van der Waals surface area contributed by atoms with Crippen molar-refractivity contribution < 1.29 is 4.79 Å². The summed E-state index contributed by atoms with van der Waals surface area (Å²) in [5.74, 6) is -0.285. The van der Waals surface area contributed by atoms with Crippen molar-refractivity contribution in [2.75, 3.05) is 0 Å². The molecule has 0 aliphatic rings. The van der Waals surface area contributed by atoms with Crippen LogP contribution in [-0.4, -0.2) is 11.6 Å². The third-order valence-electron chi connectivity index (χ3n) is 4.24. The molecule has 0 fully saturated rings. The second-order valence-corrected chi connectivity index (χ2v) is 7.61. The maximum absolute atomic E-state index is 12.5. The quantitative estimate of drug-likeness (QED) is 0.470. The standard InChI is InChI=1S/C20H19ClN2OS/c1-11-5-8-16-17(9-11)25-19(18(16)21)20(24)23-22-14(4)15-7-6-12(2)13(3)10-15/h5-10H,1-4H3,(H,23,24)/b22-14+. The fourth-order valence-electron chi connectivity index (χ4n) is 2.53. The summed E-state index contributed by atoms with van der Waals surface area (Å²) in [5, 5.41) is 5.62. The molecule has 1 N–H and O–H groups in total. The van der Waals surface area contributed by atoms with Crippen LogP contribution in [-0.2, 0) is 0 Å². The van der Waals surface area contributed by atoms with Crippen LogP contribution in [0.3, 0.4) is 0 Å². The van der Waals surface area contributed by atoms with E-state index in [1.807, 2.05) is 38.1 Å². The fraction of sp³-hybridized carbons (Fsp3) is 0.200. The molecule has 0 aliphatic carbocycles. The summed E-state index contributed by atoms with van der Waals surface area (Å²) in [7, 11) is 0. The van der Waals surface area contributed by atoms with E-state index >= 15 is 0 Å². The van der Waals surface area contributed by atoms with Gasteiger partial charge in [0.15, 0.2) is 0 Å². The van der Waals surface area contributed by atoms with Crippen molar-refractivity contribution in [1.82, 2.24) is 5.43 Å². The number of halogens is 1. The molecule has 128 valence electrons. The Labute approximate surface area is 156 Å². The number of hydrogen-bond donors (Lipinski definition) is 1. The highest BCUT2D eigenvalue weighted by atomic mass is 35.5. The number of hydrazone groups is 1. The number of carbonyl (C=O) groups excluding carboxylic acids is 1. The average Bonchev–Trinajstić information content (AvgIpc) is 2.91. The Morgan fingerprint density at radius 1 is 1.08 bits per heavy atom. The first-order valence-electron chi connectivity index (χ1n) is 7.97. The van der Waals surface area contributed by atoms with Crippen molar-refractivity contribution in [3.8, 4) is 0 Å². The second kappa shape index (κ2) is 6.98. The van der Waals surface area contributed by atoms with Gasteiger partial charge in [0, 0.05) is 10.1 Å². The van der Waals surface area contributed by atoms with Crippen molar-refractivity contribution in [3.63, 3.8) is 0 Å². The van der Waals surface area contributed by atoms with Gasteiger partial charge in [-0.2, -0.15) is 5.10 Å². The number of nitrogens with one attached hydrogen (secondary N) is 1. The summed E-state index contributed by atoms with van der Waals surface area (Å²) in [5.41, 5.74) is 7.93. The van der Waals surface area contributed by atoms with Crippen LogP contribution in [0.2, 0.25) is 5.02 Å². The molecule has 0 radical (unpaired) electrons. The van der Waals surface area contributed by atoms with E-state index in [0.29, 0.717) is 9.90 Å². The van der Waals surface area contributed by atoms with Gasteiger partial charge in [-0.1, -0.05) is 35.9 Å². The van der Waals surface area contributed by atoms with Crippen molar-refractivity contribution in [3.05, 3.63) is 68.6 Å². The summed E-state index contributed by atoms with van der Waals surface area (Å²) < 4.78 is 1.00. The fourth-order valence-corrected chi connectivity index (χ4v) is 4.04. The Morgan fingerprint density at radius 2 is 1.84 bits per heavy atom. The molecule has 0 unspecified atom stereocenters. The maximum Gasteiger partial charge on any atom is 0.283 e. The topological polar surface area (TPSA) is 41.5 Å². The molecule has 2 aromatic carbocycles. The highest BCUT2D eigenvalue weighted by Gasteiger charge is 2.17. The Kier molecular flexibility index (Phi) is 4.93. The lowest BCUT2D eigenvalue weighted by molar-refractivity contribution is 0.0959. The van der Waals surface area contributed by atoms with E-state index in [9.17, 15) is 4.79 Å². The van der Waals surface area contributed by atoms with E-state index < -0.39 is 0 Å². The molecule has 0 spiro atoms. The first kappa shape index (κ1) is 17.6. The number of amides is 1. The summed E-state index contributed by atoms with van der Waals surface area (Å²) in [6.07, 6.45) is 0.